The van der Waals surface area contributed by atoms with Crippen molar-refractivity contribution in [2.45, 2.75) is 26.3 Å². The monoisotopic (exact) mass is 349 g/mol. The summed E-state index contributed by atoms with van der Waals surface area (Å²) >= 11 is 2.92. The molecule has 1 rings (SSSR count). The highest BCUT2D eigenvalue weighted by atomic mass is 79.9. The van der Waals surface area contributed by atoms with Gasteiger partial charge in [0.05, 0.1) is 0 Å². The van der Waals surface area contributed by atoms with Crippen molar-refractivity contribution in [1.82, 2.24) is 4.90 Å². The summed E-state index contributed by atoms with van der Waals surface area (Å²) in [4.78, 5) is 23.9. The van der Waals surface area contributed by atoms with E-state index in [2.05, 4.69) is 15.9 Å². The average Bonchev–Trinajstić information content (AvgIpc) is 2.33. The number of carbonyl (C=O) groups excluding carboxylic acids is 1. The largest absolute Gasteiger partial charge is 0.480 e. The van der Waals surface area contributed by atoms with Crippen LogP contribution in [0.15, 0.2) is 16.6 Å². The molecule has 20 heavy (non-hydrogen) atoms. The quantitative estimate of drug-likeness (QED) is 0.888. The van der Waals surface area contributed by atoms with Gasteiger partial charge >= 0.3 is 5.97 Å². The van der Waals surface area contributed by atoms with Gasteiger partial charge in [-0.1, -0.05) is 22.9 Å². The van der Waals surface area contributed by atoms with E-state index in [4.69, 9.17) is 5.11 Å². The molecule has 0 heterocycles. The summed E-state index contributed by atoms with van der Waals surface area (Å²) in [5, 5.41) is 8.82. The maximum absolute atomic E-state index is 13.8. The normalized spacial score (nSPS) is 12.1. The minimum atomic E-state index is -1.24. The lowest BCUT2D eigenvalue weighted by atomic mass is 10.1. The smallest absolute Gasteiger partial charge is 0.323 e. The zero-order chi connectivity index (χ0) is 15.4. The number of carbonyl (C=O) groups is 2. The zero-order valence-corrected chi connectivity index (χ0v) is 12.6. The molecule has 1 aromatic carbocycles. The fourth-order valence-corrected chi connectivity index (χ4v) is 2.09. The van der Waals surface area contributed by atoms with E-state index in [-0.39, 0.29) is 4.47 Å². The van der Waals surface area contributed by atoms with Gasteiger partial charge in [0.15, 0.2) is 0 Å². The first kappa shape index (κ1) is 16.6. The number of benzene rings is 1. The van der Waals surface area contributed by atoms with Crippen LogP contribution in [0.2, 0.25) is 0 Å². The van der Waals surface area contributed by atoms with Crippen LogP contribution in [0, 0.1) is 11.6 Å². The van der Waals surface area contributed by atoms with Crippen molar-refractivity contribution in [3.8, 4) is 0 Å². The van der Waals surface area contributed by atoms with E-state index >= 15 is 0 Å². The second-order valence-electron chi connectivity index (χ2n) is 4.33. The van der Waals surface area contributed by atoms with Crippen LogP contribution in [-0.2, 0) is 4.79 Å². The van der Waals surface area contributed by atoms with Gasteiger partial charge in [-0.3, -0.25) is 9.59 Å². The molecule has 0 saturated heterocycles. The third-order valence-corrected chi connectivity index (χ3v) is 3.37. The van der Waals surface area contributed by atoms with Crippen molar-refractivity contribution in [2.75, 3.05) is 6.54 Å². The van der Waals surface area contributed by atoms with Crippen LogP contribution in [0.25, 0.3) is 0 Å². The third kappa shape index (κ3) is 3.75. The lowest BCUT2D eigenvalue weighted by Gasteiger charge is -2.27. The third-order valence-electron chi connectivity index (χ3n) is 2.91. The Hall–Kier alpha value is -1.50. The lowest BCUT2D eigenvalue weighted by Crippen LogP contribution is -2.42. The molecule has 7 heteroatoms. The van der Waals surface area contributed by atoms with Crippen LogP contribution in [0.3, 0.4) is 0 Å². The highest BCUT2D eigenvalue weighted by Gasteiger charge is 2.28. The molecule has 1 atom stereocenters. The number of rotatable bonds is 5. The topological polar surface area (TPSA) is 57.6 Å². The van der Waals surface area contributed by atoms with Crippen molar-refractivity contribution in [3.05, 3.63) is 33.8 Å². The van der Waals surface area contributed by atoms with Crippen molar-refractivity contribution in [1.29, 1.82) is 0 Å². The molecule has 0 aliphatic rings. The highest BCUT2D eigenvalue weighted by Crippen LogP contribution is 2.22. The Morgan fingerprint density at radius 3 is 2.25 bits per heavy atom. The van der Waals surface area contributed by atoms with E-state index in [0.29, 0.717) is 6.42 Å². The summed E-state index contributed by atoms with van der Waals surface area (Å²) in [6.07, 6.45) is 0.471. The standard InChI is InChI=1S/C13H14BrF2NO3/c1-3-7(2)17(6-11(18)19)13(20)12-9(15)4-8(14)5-10(12)16/h4-5,7H,3,6H2,1-2H3,(H,18,19). The van der Waals surface area contributed by atoms with Gasteiger partial charge in [-0.2, -0.15) is 0 Å². The molecule has 1 N–H and O–H groups in total. The Morgan fingerprint density at radius 2 is 1.85 bits per heavy atom. The molecule has 0 aliphatic heterocycles. The molecule has 4 nitrogen and oxygen atoms in total. The molecule has 0 bridgehead atoms. The number of amides is 1. The van der Waals surface area contributed by atoms with Gasteiger partial charge in [0.2, 0.25) is 0 Å². The predicted molar refractivity (Wildman–Crippen MR) is 72.5 cm³/mol. The maximum Gasteiger partial charge on any atom is 0.323 e. The minimum Gasteiger partial charge on any atom is -0.480 e. The summed E-state index contributed by atoms with van der Waals surface area (Å²) in [6.45, 7) is 2.76. The summed E-state index contributed by atoms with van der Waals surface area (Å²) in [7, 11) is 0. The fourth-order valence-electron chi connectivity index (χ4n) is 1.68. The number of hydrogen-bond donors (Lipinski definition) is 1. The fraction of sp³-hybridized carbons (Fsp3) is 0.385. The first-order valence-corrected chi connectivity index (χ1v) is 6.74. The second kappa shape index (κ2) is 6.78. The maximum atomic E-state index is 13.8. The highest BCUT2D eigenvalue weighted by molar-refractivity contribution is 9.10. The number of carboxylic acids is 1. The van der Waals surface area contributed by atoms with Crippen LogP contribution in [0.4, 0.5) is 8.78 Å². The van der Waals surface area contributed by atoms with E-state index in [1.54, 1.807) is 13.8 Å². The Labute approximate surface area is 123 Å². The average molecular weight is 350 g/mol. The molecule has 0 spiro atoms. The number of nitrogens with zero attached hydrogens (tertiary/aromatic N) is 1. The van der Waals surface area contributed by atoms with Crippen LogP contribution in [0.1, 0.15) is 30.6 Å². The molecular formula is C13H14BrF2NO3. The van der Waals surface area contributed by atoms with Crippen LogP contribution >= 0.6 is 15.9 Å². The number of carboxylic acid groups (broad SMARTS) is 1. The van der Waals surface area contributed by atoms with Gasteiger partial charge < -0.3 is 10.0 Å². The van der Waals surface area contributed by atoms with E-state index in [0.717, 1.165) is 17.0 Å². The SMILES string of the molecule is CCC(C)N(CC(=O)O)C(=O)c1c(F)cc(Br)cc1F. The molecule has 0 fully saturated rings. The van der Waals surface area contributed by atoms with Crippen molar-refractivity contribution < 1.29 is 23.5 Å². The number of halogens is 3. The van der Waals surface area contributed by atoms with Gasteiger partial charge in [-0.05, 0) is 25.5 Å². The van der Waals surface area contributed by atoms with Gasteiger partial charge in [0, 0.05) is 10.5 Å². The molecule has 0 aromatic heterocycles. The van der Waals surface area contributed by atoms with Gasteiger partial charge in [0.25, 0.3) is 5.91 Å². The van der Waals surface area contributed by atoms with Crippen LogP contribution in [-0.4, -0.2) is 34.5 Å². The Balaban J connectivity index is 3.22. The predicted octanol–water partition coefficient (Wildman–Crippen LogP) is 3.05. The van der Waals surface area contributed by atoms with Crippen LogP contribution in [0.5, 0.6) is 0 Å². The molecule has 0 radical (unpaired) electrons. The van der Waals surface area contributed by atoms with Crippen molar-refractivity contribution in [2.24, 2.45) is 0 Å². The molecule has 0 aliphatic carbocycles. The molecule has 1 unspecified atom stereocenters. The second-order valence-corrected chi connectivity index (χ2v) is 5.24. The zero-order valence-electron chi connectivity index (χ0n) is 11.0. The van der Waals surface area contributed by atoms with E-state index in [9.17, 15) is 18.4 Å². The lowest BCUT2D eigenvalue weighted by molar-refractivity contribution is -0.138. The van der Waals surface area contributed by atoms with Gasteiger partial charge in [-0.25, -0.2) is 8.78 Å². The van der Waals surface area contributed by atoms with E-state index < -0.39 is 41.7 Å². The molecule has 110 valence electrons. The van der Waals surface area contributed by atoms with Gasteiger partial charge in [0.1, 0.15) is 23.7 Å². The molecule has 1 aromatic rings. The van der Waals surface area contributed by atoms with Gasteiger partial charge in [-0.15, -0.1) is 0 Å². The Bertz CT molecular complexity index is 513. The molecular weight excluding hydrogens is 336 g/mol. The first-order valence-electron chi connectivity index (χ1n) is 5.95. The summed E-state index contributed by atoms with van der Waals surface area (Å²) < 4.78 is 27.7. The summed E-state index contributed by atoms with van der Waals surface area (Å²) in [5.41, 5.74) is -0.741. The van der Waals surface area contributed by atoms with E-state index in [1.807, 2.05) is 0 Å². The Morgan fingerprint density at radius 1 is 1.35 bits per heavy atom. The summed E-state index contributed by atoms with van der Waals surface area (Å²) in [5.74, 6) is -4.26. The summed E-state index contributed by atoms with van der Waals surface area (Å²) in [6, 6.07) is 1.48. The minimum absolute atomic E-state index is 0.164. The van der Waals surface area contributed by atoms with Crippen molar-refractivity contribution >= 4 is 27.8 Å². The van der Waals surface area contributed by atoms with Crippen molar-refractivity contribution in [3.63, 3.8) is 0 Å². The van der Waals surface area contributed by atoms with E-state index in [1.165, 1.54) is 0 Å². The number of hydrogen-bond acceptors (Lipinski definition) is 2. The Kier molecular flexibility index (Phi) is 5.62. The molecule has 0 saturated carbocycles. The van der Waals surface area contributed by atoms with Crippen LogP contribution < -0.4 is 0 Å². The molecule has 1 amide bonds. The number of aliphatic carboxylic acids is 1. The first-order chi connectivity index (χ1) is 9.27.